The standard InChI is InChI=1S/C15H25NO3Si/c1-15(2,3)20(5,6)19-13-8-11(10-16)7-12(9-13)14(17)18-4/h7-9H,10,16H2,1-6H3. The molecule has 5 heteroatoms. The van der Waals surface area contributed by atoms with Crippen LogP contribution >= 0.6 is 0 Å². The zero-order valence-electron chi connectivity index (χ0n) is 13.2. The molecule has 0 bridgehead atoms. The number of esters is 1. The Morgan fingerprint density at radius 1 is 1.25 bits per heavy atom. The van der Waals surface area contributed by atoms with Crippen LogP contribution in [0, 0.1) is 0 Å². The van der Waals surface area contributed by atoms with E-state index in [9.17, 15) is 4.79 Å². The van der Waals surface area contributed by atoms with Crippen molar-refractivity contribution in [1.82, 2.24) is 0 Å². The van der Waals surface area contributed by atoms with Gasteiger partial charge in [-0.25, -0.2) is 4.79 Å². The van der Waals surface area contributed by atoms with Crippen molar-refractivity contribution in [1.29, 1.82) is 0 Å². The fraction of sp³-hybridized carbons (Fsp3) is 0.533. The van der Waals surface area contributed by atoms with Crippen LogP contribution in [0.4, 0.5) is 0 Å². The van der Waals surface area contributed by atoms with Crippen LogP contribution in [0.2, 0.25) is 18.1 Å². The fourth-order valence-electron chi connectivity index (χ4n) is 1.52. The van der Waals surface area contributed by atoms with Gasteiger partial charge in [-0.2, -0.15) is 0 Å². The predicted molar refractivity (Wildman–Crippen MR) is 83.5 cm³/mol. The highest BCUT2D eigenvalue weighted by atomic mass is 28.4. The summed E-state index contributed by atoms with van der Waals surface area (Å²) < 4.78 is 11.0. The Kier molecular flexibility index (Phi) is 4.99. The van der Waals surface area contributed by atoms with E-state index in [0.29, 0.717) is 17.9 Å². The monoisotopic (exact) mass is 295 g/mol. The molecule has 0 radical (unpaired) electrons. The predicted octanol–water partition coefficient (Wildman–Crippen LogP) is 3.32. The van der Waals surface area contributed by atoms with Crippen LogP contribution in [0.15, 0.2) is 18.2 Å². The molecule has 0 aromatic heterocycles. The molecule has 20 heavy (non-hydrogen) atoms. The third-order valence-electron chi connectivity index (χ3n) is 3.80. The summed E-state index contributed by atoms with van der Waals surface area (Å²) in [4.78, 5) is 11.7. The molecule has 0 unspecified atom stereocenters. The molecule has 2 N–H and O–H groups in total. The van der Waals surface area contributed by atoms with Gasteiger partial charge in [0.15, 0.2) is 0 Å². The van der Waals surface area contributed by atoms with Gasteiger partial charge in [-0.15, -0.1) is 0 Å². The number of benzene rings is 1. The Bertz CT molecular complexity index is 492. The Morgan fingerprint density at radius 3 is 2.30 bits per heavy atom. The van der Waals surface area contributed by atoms with Crippen molar-refractivity contribution in [3.63, 3.8) is 0 Å². The number of nitrogens with two attached hydrogens (primary N) is 1. The highest BCUT2D eigenvalue weighted by Gasteiger charge is 2.39. The summed E-state index contributed by atoms with van der Waals surface area (Å²) in [6, 6.07) is 5.36. The number of hydrogen-bond donors (Lipinski definition) is 1. The lowest BCUT2D eigenvalue weighted by Gasteiger charge is -2.36. The second kappa shape index (κ2) is 5.97. The first-order valence-corrected chi connectivity index (χ1v) is 9.63. The highest BCUT2D eigenvalue weighted by molar-refractivity contribution is 6.74. The first-order valence-electron chi connectivity index (χ1n) is 6.72. The van der Waals surface area contributed by atoms with Crippen LogP contribution in [-0.4, -0.2) is 21.4 Å². The average molecular weight is 295 g/mol. The summed E-state index contributed by atoms with van der Waals surface area (Å²) in [5.41, 5.74) is 7.02. The molecule has 0 amide bonds. The van der Waals surface area contributed by atoms with Gasteiger partial charge in [-0.05, 0) is 41.9 Å². The molecule has 0 aliphatic rings. The third kappa shape index (κ3) is 3.83. The van der Waals surface area contributed by atoms with E-state index in [0.717, 1.165) is 5.56 Å². The van der Waals surface area contributed by atoms with Crippen molar-refractivity contribution in [2.24, 2.45) is 5.73 Å². The van der Waals surface area contributed by atoms with Crippen LogP contribution in [-0.2, 0) is 11.3 Å². The van der Waals surface area contributed by atoms with E-state index >= 15 is 0 Å². The third-order valence-corrected chi connectivity index (χ3v) is 8.16. The number of carbonyl (C=O) groups excluding carboxylic acids is 1. The normalized spacial score (nSPS) is 12.2. The number of methoxy groups -OCH3 is 1. The number of hydrogen-bond acceptors (Lipinski definition) is 4. The van der Waals surface area contributed by atoms with E-state index < -0.39 is 8.32 Å². The van der Waals surface area contributed by atoms with E-state index in [1.54, 1.807) is 12.1 Å². The quantitative estimate of drug-likeness (QED) is 0.684. The summed E-state index contributed by atoms with van der Waals surface area (Å²) in [5.74, 6) is 0.320. The molecule has 0 heterocycles. The Hall–Kier alpha value is -1.33. The molecule has 0 spiro atoms. The first-order chi connectivity index (χ1) is 9.10. The van der Waals surface area contributed by atoms with Crippen LogP contribution in [0.1, 0.15) is 36.7 Å². The number of ether oxygens (including phenoxy) is 1. The molecule has 0 aliphatic carbocycles. The smallest absolute Gasteiger partial charge is 0.337 e. The average Bonchev–Trinajstić information content (AvgIpc) is 2.35. The molecule has 0 fully saturated rings. The minimum absolute atomic E-state index is 0.0944. The van der Waals surface area contributed by atoms with Crippen LogP contribution in [0.5, 0.6) is 5.75 Å². The lowest BCUT2D eigenvalue weighted by atomic mass is 10.1. The van der Waals surface area contributed by atoms with E-state index in [1.807, 2.05) is 6.07 Å². The molecule has 0 aliphatic heterocycles. The number of rotatable bonds is 4. The second-order valence-electron chi connectivity index (χ2n) is 6.42. The van der Waals surface area contributed by atoms with Crippen molar-refractivity contribution in [3.8, 4) is 5.75 Å². The van der Waals surface area contributed by atoms with Crippen molar-refractivity contribution in [2.75, 3.05) is 7.11 Å². The molecule has 112 valence electrons. The molecular weight excluding hydrogens is 270 g/mol. The summed E-state index contributed by atoms with van der Waals surface area (Å²) in [6.07, 6.45) is 0. The van der Waals surface area contributed by atoms with E-state index in [-0.39, 0.29) is 11.0 Å². The fourth-order valence-corrected chi connectivity index (χ4v) is 2.53. The molecule has 0 atom stereocenters. The molecule has 4 nitrogen and oxygen atoms in total. The molecule has 1 aromatic rings. The summed E-state index contributed by atoms with van der Waals surface area (Å²) in [6.45, 7) is 11.2. The lowest BCUT2D eigenvalue weighted by molar-refractivity contribution is 0.0600. The maximum Gasteiger partial charge on any atom is 0.337 e. The molecule has 1 aromatic carbocycles. The Balaban J connectivity index is 3.16. The topological polar surface area (TPSA) is 61.5 Å². The molecular formula is C15H25NO3Si. The van der Waals surface area contributed by atoms with Gasteiger partial charge in [-0.1, -0.05) is 20.8 Å². The minimum Gasteiger partial charge on any atom is -0.543 e. The van der Waals surface area contributed by atoms with Gasteiger partial charge < -0.3 is 14.9 Å². The van der Waals surface area contributed by atoms with Gasteiger partial charge in [0, 0.05) is 6.54 Å². The van der Waals surface area contributed by atoms with Crippen molar-refractivity contribution in [2.45, 2.75) is 45.4 Å². The SMILES string of the molecule is COC(=O)c1cc(CN)cc(O[Si](C)(C)C(C)(C)C)c1. The Labute approximate surface area is 122 Å². The highest BCUT2D eigenvalue weighted by Crippen LogP contribution is 2.37. The lowest BCUT2D eigenvalue weighted by Crippen LogP contribution is -2.43. The zero-order valence-corrected chi connectivity index (χ0v) is 14.2. The van der Waals surface area contributed by atoms with Gasteiger partial charge in [0.05, 0.1) is 12.7 Å². The largest absolute Gasteiger partial charge is 0.543 e. The van der Waals surface area contributed by atoms with E-state index in [1.165, 1.54) is 7.11 Å². The van der Waals surface area contributed by atoms with E-state index in [2.05, 4.69) is 33.9 Å². The van der Waals surface area contributed by atoms with Crippen molar-refractivity contribution >= 4 is 14.3 Å². The van der Waals surface area contributed by atoms with Gasteiger partial charge in [0.25, 0.3) is 0 Å². The van der Waals surface area contributed by atoms with E-state index in [4.69, 9.17) is 14.9 Å². The van der Waals surface area contributed by atoms with Crippen LogP contribution in [0.25, 0.3) is 0 Å². The van der Waals surface area contributed by atoms with Crippen molar-refractivity contribution < 1.29 is 14.0 Å². The summed E-state index contributed by atoms with van der Waals surface area (Å²) in [5, 5.41) is 0.0944. The second-order valence-corrected chi connectivity index (χ2v) is 11.1. The maximum absolute atomic E-state index is 11.7. The van der Waals surface area contributed by atoms with Crippen LogP contribution < -0.4 is 10.2 Å². The van der Waals surface area contributed by atoms with Gasteiger partial charge in [0.2, 0.25) is 8.32 Å². The minimum atomic E-state index is -1.94. The summed E-state index contributed by atoms with van der Waals surface area (Å²) in [7, 11) is -0.575. The zero-order chi connectivity index (χ0) is 15.6. The molecule has 0 saturated heterocycles. The van der Waals surface area contributed by atoms with Gasteiger partial charge in [-0.3, -0.25) is 0 Å². The van der Waals surface area contributed by atoms with Gasteiger partial charge in [0.1, 0.15) is 5.75 Å². The van der Waals surface area contributed by atoms with Crippen LogP contribution in [0.3, 0.4) is 0 Å². The van der Waals surface area contributed by atoms with Crippen molar-refractivity contribution in [3.05, 3.63) is 29.3 Å². The van der Waals surface area contributed by atoms with Gasteiger partial charge >= 0.3 is 5.97 Å². The molecule has 0 saturated carbocycles. The molecule has 1 rings (SSSR count). The summed E-state index contributed by atoms with van der Waals surface area (Å²) >= 11 is 0. The Morgan fingerprint density at radius 2 is 1.85 bits per heavy atom. The number of carbonyl (C=O) groups is 1. The maximum atomic E-state index is 11.7. The first kappa shape index (κ1) is 16.7.